The van der Waals surface area contributed by atoms with E-state index in [0.29, 0.717) is 13.0 Å². The Labute approximate surface area is 123 Å². The van der Waals surface area contributed by atoms with Gasteiger partial charge in [-0.05, 0) is 12.8 Å². The zero-order valence-electron chi connectivity index (χ0n) is 12.4. The lowest BCUT2D eigenvalue weighted by Crippen LogP contribution is -2.27. The Bertz CT molecular complexity index is 543. The van der Waals surface area contributed by atoms with Crippen molar-refractivity contribution in [3.8, 4) is 0 Å². The van der Waals surface area contributed by atoms with E-state index in [1.54, 1.807) is 19.4 Å². The van der Waals surface area contributed by atoms with Crippen molar-refractivity contribution in [1.82, 2.24) is 9.78 Å². The number of nitrogens with zero attached hydrogens (tertiary/aromatic N) is 3. The van der Waals surface area contributed by atoms with Gasteiger partial charge >= 0.3 is 5.97 Å². The predicted molar refractivity (Wildman–Crippen MR) is 77.4 cm³/mol. The number of carbonyl (C=O) groups is 1. The van der Waals surface area contributed by atoms with Gasteiger partial charge in [-0.2, -0.15) is 5.10 Å². The molecule has 0 bridgehead atoms. The van der Waals surface area contributed by atoms with E-state index < -0.39 is 0 Å². The number of rotatable bonds is 6. The molecule has 1 aromatic rings. The van der Waals surface area contributed by atoms with E-state index in [1.807, 2.05) is 0 Å². The first kappa shape index (κ1) is 15.5. The third-order valence-corrected chi connectivity index (χ3v) is 3.68. The van der Waals surface area contributed by atoms with Crippen LogP contribution in [-0.2, 0) is 20.8 Å². The molecule has 0 aromatic carbocycles. The first-order valence-corrected chi connectivity index (χ1v) is 7.05. The number of aromatic nitrogens is 2. The Morgan fingerprint density at radius 1 is 1.48 bits per heavy atom. The SMILES string of the molecule is COC(=O)CCCn1ncc(N2CCC(OC)C2)cc1=O. The van der Waals surface area contributed by atoms with E-state index in [9.17, 15) is 9.59 Å². The van der Waals surface area contributed by atoms with Gasteiger partial charge in [0.05, 0.1) is 25.1 Å². The van der Waals surface area contributed by atoms with Gasteiger partial charge < -0.3 is 14.4 Å². The maximum Gasteiger partial charge on any atom is 0.305 e. The molecular formula is C14H21N3O4. The summed E-state index contributed by atoms with van der Waals surface area (Å²) >= 11 is 0. The summed E-state index contributed by atoms with van der Waals surface area (Å²) in [6.07, 6.45) is 3.69. The van der Waals surface area contributed by atoms with Gasteiger partial charge in [0.15, 0.2) is 0 Å². The normalized spacial score (nSPS) is 18.0. The maximum atomic E-state index is 12.0. The Hall–Kier alpha value is -1.89. The number of hydrogen-bond donors (Lipinski definition) is 0. The Balaban J connectivity index is 1.95. The standard InChI is InChI=1S/C14H21N3O4/c1-20-12-5-7-16(10-12)11-8-13(18)17(15-9-11)6-3-4-14(19)21-2/h8-9,12H,3-7,10H2,1-2H3. The van der Waals surface area contributed by atoms with Gasteiger partial charge in [-0.3, -0.25) is 9.59 Å². The van der Waals surface area contributed by atoms with Crippen molar-refractivity contribution in [3.05, 3.63) is 22.6 Å². The largest absolute Gasteiger partial charge is 0.469 e. The highest BCUT2D eigenvalue weighted by Crippen LogP contribution is 2.19. The number of carbonyl (C=O) groups excluding carboxylic acids is 1. The molecule has 1 aliphatic rings. The lowest BCUT2D eigenvalue weighted by atomic mass is 10.3. The minimum absolute atomic E-state index is 0.154. The van der Waals surface area contributed by atoms with Crippen LogP contribution >= 0.6 is 0 Å². The summed E-state index contributed by atoms with van der Waals surface area (Å²) in [7, 11) is 3.05. The molecule has 1 aromatic heterocycles. The van der Waals surface area contributed by atoms with Crippen molar-refractivity contribution in [2.24, 2.45) is 0 Å². The second-order valence-corrected chi connectivity index (χ2v) is 5.05. The van der Waals surface area contributed by atoms with Crippen LogP contribution in [-0.4, -0.2) is 49.2 Å². The molecule has 1 unspecified atom stereocenters. The van der Waals surface area contributed by atoms with Crippen molar-refractivity contribution < 1.29 is 14.3 Å². The molecule has 0 aliphatic carbocycles. The van der Waals surface area contributed by atoms with Crippen LogP contribution in [0, 0.1) is 0 Å². The van der Waals surface area contributed by atoms with Crippen molar-refractivity contribution in [2.75, 3.05) is 32.2 Å². The first-order valence-electron chi connectivity index (χ1n) is 7.05. The minimum atomic E-state index is -0.276. The van der Waals surface area contributed by atoms with Crippen molar-refractivity contribution in [2.45, 2.75) is 31.9 Å². The summed E-state index contributed by atoms with van der Waals surface area (Å²) in [5.74, 6) is -0.276. The fraction of sp³-hybridized carbons (Fsp3) is 0.643. The zero-order chi connectivity index (χ0) is 15.2. The van der Waals surface area contributed by atoms with Crippen LogP contribution in [0.15, 0.2) is 17.1 Å². The van der Waals surface area contributed by atoms with Crippen LogP contribution in [0.5, 0.6) is 0 Å². The lowest BCUT2D eigenvalue weighted by molar-refractivity contribution is -0.140. The van der Waals surface area contributed by atoms with E-state index in [4.69, 9.17) is 4.74 Å². The number of aryl methyl sites for hydroxylation is 1. The van der Waals surface area contributed by atoms with E-state index in [0.717, 1.165) is 25.2 Å². The molecule has 0 radical (unpaired) electrons. The number of esters is 1. The number of hydrogen-bond acceptors (Lipinski definition) is 6. The monoisotopic (exact) mass is 295 g/mol. The molecule has 7 heteroatoms. The molecule has 1 fully saturated rings. The highest BCUT2D eigenvalue weighted by molar-refractivity contribution is 5.68. The Morgan fingerprint density at radius 3 is 2.90 bits per heavy atom. The molecule has 0 amide bonds. The van der Waals surface area contributed by atoms with Crippen LogP contribution in [0.3, 0.4) is 0 Å². The summed E-state index contributed by atoms with van der Waals surface area (Å²) in [5, 5.41) is 4.17. The van der Waals surface area contributed by atoms with Gasteiger partial charge in [0.25, 0.3) is 5.56 Å². The van der Waals surface area contributed by atoms with Crippen LogP contribution < -0.4 is 10.5 Å². The zero-order valence-corrected chi connectivity index (χ0v) is 12.4. The fourth-order valence-corrected chi connectivity index (χ4v) is 2.40. The van der Waals surface area contributed by atoms with Crippen LogP contribution in [0.1, 0.15) is 19.3 Å². The topological polar surface area (TPSA) is 73.7 Å². The lowest BCUT2D eigenvalue weighted by Gasteiger charge is -2.18. The van der Waals surface area contributed by atoms with Gasteiger partial charge in [-0.25, -0.2) is 4.68 Å². The molecule has 2 heterocycles. The number of methoxy groups -OCH3 is 2. The molecule has 1 saturated heterocycles. The smallest absolute Gasteiger partial charge is 0.305 e. The molecule has 0 N–H and O–H groups in total. The number of anilines is 1. The second-order valence-electron chi connectivity index (χ2n) is 5.05. The Morgan fingerprint density at radius 2 is 2.29 bits per heavy atom. The molecule has 1 aliphatic heterocycles. The summed E-state index contributed by atoms with van der Waals surface area (Å²) in [5.41, 5.74) is 0.669. The average molecular weight is 295 g/mol. The van der Waals surface area contributed by atoms with E-state index in [1.165, 1.54) is 11.8 Å². The van der Waals surface area contributed by atoms with Gasteiger partial charge in [0, 0.05) is 39.2 Å². The Kier molecular flexibility index (Phi) is 5.32. The van der Waals surface area contributed by atoms with Crippen molar-refractivity contribution in [1.29, 1.82) is 0 Å². The van der Waals surface area contributed by atoms with Gasteiger partial charge in [-0.15, -0.1) is 0 Å². The fourth-order valence-electron chi connectivity index (χ4n) is 2.40. The highest BCUT2D eigenvalue weighted by Gasteiger charge is 2.22. The van der Waals surface area contributed by atoms with Crippen molar-refractivity contribution >= 4 is 11.7 Å². The summed E-state index contributed by atoms with van der Waals surface area (Å²) < 4.78 is 11.2. The summed E-state index contributed by atoms with van der Waals surface area (Å²) in [6.45, 7) is 2.06. The van der Waals surface area contributed by atoms with E-state index in [2.05, 4.69) is 14.7 Å². The summed E-state index contributed by atoms with van der Waals surface area (Å²) in [4.78, 5) is 25.1. The van der Waals surface area contributed by atoms with Gasteiger partial charge in [-0.1, -0.05) is 0 Å². The van der Waals surface area contributed by atoms with E-state index in [-0.39, 0.29) is 24.1 Å². The van der Waals surface area contributed by atoms with Gasteiger partial charge in [0.1, 0.15) is 0 Å². The number of ether oxygens (including phenoxy) is 2. The molecule has 0 spiro atoms. The maximum absolute atomic E-state index is 12.0. The van der Waals surface area contributed by atoms with Crippen LogP contribution in [0.4, 0.5) is 5.69 Å². The van der Waals surface area contributed by atoms with Gasteiger partial charge in [0.2, 0.25) is 0 Å². The third kappa shape index (κ3) is 4.04. The highest BCUT2D eigenvalue weighted by atomic mass is 16.5. The first-order chi connectivity index (χ1) is 10.1. The van der Waals surface area contributed by atoms with E-state index >= 15 is 0 Å². The molecule has 2 rings (SSSR count). The third-order valence-electron chi connectivity index (χ3n) is 3.68. The molecule has 116 valence electrons. The summed E-state index contributed by atoms with van der Waals surface area (Å²) in [6, 6.07) is 1.59. The minimum Gasteiger partial charge on any atom is -0.469 e. The van der Waals surface area contributed by atoms with Crippen molar-refractivity contribution in [3.63, 3.8) is 0 Å². The quantitative estimate of drug-likeness (QED) is 0.708. The molecule has 21 heavy (non-hydrogen) atoms. The van der Waals surface area contributed by atoms with Crippen LogP contribution in [0.25, 0.3) is 0 Å². The molecule has 0 saturated carbocycles. The molecule has 1 atom stereocenters. The predicted octanol–water partition coefficient (Wildman–Crippen LogP) is 0.422. The molecular weight excluding hydrogens is 274 g/mol. The van der Waals surface area contributed by atoms with Crippen LogP contribution in [0.2, 0.25) is 0 Å². The second kappa shape index (κ2) is 7.21. The average Bonchev–Trinajstić information content (AvgIpc) is 2.97. The molecule has 7 nitrogen and oxygen atoms in total.